The minimum absolute atomic E-state index is 0.206. The zero-order chi connectivity index (χ0) is 17.3. The average Bonchev–Trinajstić information content (AvgIpc) is 2.88. The molecule has 24 heavy (non-hydrogen) atoms. The summed E-state index contributed by atoms with van der Waals surface area (Å²) in [5.74, 6) is 0.970. The molecule has 0 saturated heterocycles. The van der Waals surface area contributed by atoms with Gasteiger partial charge in [-0.1, -0.05) is 63.2 Å². The molecule has 0 aliphatic rings. The van der Waals surface area contributed by atoms with Crippen molar-refractivity contribution in [2.45, 2.75) is 46.2 Å². The third-order valence-electron chi connectivity index (χ3n) is 4.46. The minimum atomic E-state index is 0.206. The lowest BCUT2D eigenvalue weighted by atomic mass is 9.87. The van der Waals surface area contributed by atoms with Crippen molar-refractivity contribution in [3.05, 3.63) is 71.0 Å². The Morgan fingerprint density at radius 2 is 1.67 bits per heavy atom. The van der Waals surface area contributed by atoms with E-state index in [0.717, 1.165) is 24.4 Å². The zero-order valence-corrected chi connectivity index (χ0v) is 15.4. The van der Waals surface area contributed by atoms with E-state index < -0.39 is 0 Å². The third kappa shape index (κ3) is 3.70. The van der Waals surface area contributed by atoms with Gasteiger partial charge in [0.15, 0.2) is 0 Å². The van der Waals surface area contributed by atoms with Gasteiger partial charge in [0.25, 0.3) is 0 Å². The van der Waals surface area contributed by atoms with E-state index >= 15 is 0 Å². The van der Waals surface area contributed by atoms with Crippen molar-refractivity contribution in [3.63, 3.8) is 0 Å². The van der Waals surface area contributed by atoms with E-state index in [1.165, 1.54) is 22.1 Å². The van der Waals surface area contributed by atoms with Crippen LogP contribution in [0.5, 0.6) is 0 Å². The van der Waals surface area contributed by atoms with Gasteiger partial charge in [-0.15, -0.1) is 0 Å². The number of aryl methyl sites for hydroxylation is 1. The minimum Gasteiger partial charge on any atom is -0.461 e. The number of fused-ring (bicyclic) bond motifs is 1. The van der Waals surface area contributed by atoms with Crippen LogP contribution in [0.1, 0.15) is 43.2 Å². The quantitative estimate of drug-likeness (QED) is 0.615. The molecular weight excluding hydrogens is 294 g/mol. The molecule has 0 N–H and O–H groups in total. The second-order valence-electron chi connectivity index (χ2n) is 7.81. The third-order valence-corrected chi connectivity index (χ3v) is 4.46. The molecule has 2 heteroatoms. The molecule has 1 aromatic heterocycles. The van der Waals surface area contributed by atoms with E-state index in [0.29, 0.717) is 0 Å². The lowest BCUT2D eigenvalue weighted by Gasteiger charge is -2.21. The van der Waals surface area contributed by atoms with E-state index in [9.17, 15) is 0 Å². The summed E-state index contributed by atoms with van der Waals surface area (Å²) in [6.07, 6.45) is 0. The van der Waals surface area contributed by atoms with Crippen LogP contribution in [0.3, 0.4) is 0 Å². The maximum absolute atomic E-state index is 5.88. The molecule has 0 amide bonds. The highest BCUT2D eigenvalue weighted by atomic mass is 16.3. The molecule has 0 bridgehead atoms. The Morgan fingerprint density at radius 3 is 2.33 bits per heavy atom. The molecule has 1 heterocycles. The average molecular weight is 321 g/mol. The van der Waals surface area contributed by atoms with Crippen LogP contribution in [0.2, 0.25) is 0 Å². The molecule has 0 fully saturated rings. The van der Waals surface area contributed by atoms with Gasteiger partial charge in [-0.25, -0.2) is 0 Å². The van der Waals surface area contributed by atoms with Crippen LogP contribution < -0.4 is 0 Å². The van der Waals surface area contributed by atoms with Crippen molar-refractivity contribution < 1.29 is 4.42 Å². The van der Waals surface area contributed by atoms with Gasteiger partial charge in [-0.2, -0.15) is 0 Å². The van der Waals surface area contributed by atoms with Crippen molar-refractivity contribution in [3.8, 4) is 0 Å². The Morgan fingerprint density at radius 1 is 0.958 bits per heavy atom. The second kappa shape index (κ2) is 6.45. The zero-order valence-electron chi connectivity index (χ0n) is 15.4. The summed E-state index contributed by atoms with van der Waals surface area (Å²) in [5, 5.41) is 1.19. The molecule has 2 nitrogen and oxygen atoms in total. The summed E-state index contributed by atoms with van der Waals surface area (Å²) in [7, 11) is 2.16. The number of hydrogen-bond acceptors (Lipinski definition) is 2. The standard InChI is InChI=1S/C22H27NO/c1-16-13-18-7-6-8-19(21(18)24-16)15-23(5)14-17-9-11-20(12-10-17)22(2,3)4/h6-13H,14-15H2,1-5H3. The van der Waals surface area contributed by atoms with Crippen LogP contribution in [0.25, 0.3) is 11.0 Å². The van der Waals surface area contributed by atoms with Gasteiger partial charge < -0.3 is 4.42 Å². The van der Waals surface area contributed by atoms with Crippen LogP contribution in [-0.4, -0.2) is 11.9 Å². The van der Waals surface area contributed by atoms with Crippen molar-refractivity contribution in [2.75, 3.05) is 7.05 Å². The molecule has 0 spiro atoms. The van der Waals surface area contributed by atoms with Gasteiger partial charge in [0, 0.05) is 24.0 Å². The first-order valence-electron chi connectivity index (χ1n) is 8.59. The molecule has 0 radical (unpaired) electrons. The van der Waals surface area contributed by atoms with Crippen LogP contribution in [0, 0.1) is 6.92 Å². The van der Waals surface area contributed by atoms with Crippen LogP contribution in [-0.2, 0) is 18.5 Å². The Balaban J connectivity index is 1.72. The number of benzene rings is 2. The van der Waals surface area contributed by atoms with Crippen molar-refractivity contribution >= 4 is 11.0 Å². The lowest BCUT2D eigenvalue weighted by molar-refractivity contribution is 0.318. The van der Waals surface area contributed by atoms with Crippen molar-refractivity contribution in [1.29, 1.82) is 0 Å². The first-order valence-corrected chi connectivity index (χ1v) is 8.59. The SMILES string of the molecule is Cc1cc2cccc(CN(C)Cc3ccc(C(C)(C)C)cc3)c2o1. The first-order chi connectivity index (χ1) is 11.3. The van der Waals surface area contributed by atoms with Crippen LogP contribution >= 0.6 is 0 Å². The first kappa shape index (κ1) is 16.8. The molecule has 3 aromatic rings. The number of furan rings is 1. The Hall–Kier alpha value is -2.06. The molecule has 126 valence electrons. The summed E-state index contributed by atoms with van der Waals surface area (Å²) in [6.45, 7) is 10.6. The summed E-state index contributed by atoms with van der Waals surface area (Å²) >= 11 is 0. The highest BCUT2D eigenvalue weighted by Crippen LogP contribution is 2.25. The predicted octanol–water partition coefficient (Wildman–Crippen LogP) is 5.67. The fraction of sp³-hybridized carbons (Fsp3) is 0.364. The largest absolute Gasteiger partial charge is 0.461 e. The smallest absolute Gasteiger partial charge is 0.138 e. The normalized spacial score (nSPS) is 12.2. The van der Waals surface area contributed by atoms with Crippen molar-refractivity contribution in [2.24, 2.45) is 0 Å². The molecule has 2 aromatic carbocycles. The summed E-state index contributed by atoms with van der Waals surface area (Å²) in [4.78, 5) is 2.33. The second-order valence-corrected chi connectivity index (χ2v) is 7.81. The van der Waals surface area contributed by atoms with E-state index in [1.54, 1.807) is 0 Å². The summed E-state index contributed by atoms with van der Waals surface area (Å²) in [6, 6.07) is 17.5. The summed E-state index contributed by atoms with van der Waals surface area (Å²) < 4.78 is 5.88. The number of hydrogen-bond donors (Lipinski definition) is 0. The van der Waals surface area contributed by atoms with Crippen molar-refractivity contribution in [1.82, 2.24) is 4.90 Å². The van der Waals surface area contributed by atoms with Gasteiger partial charge in [-0.3, -0.25) is 4.90 Å². The van der Waals surface area contributed by atoms with E-state index in [-0.39, 0.29) is 5.41 Å². The van der Waals surface area contributed by atoms with Gasteiger partial charge >= 0.3 is 0 Å². The number of para-hydroxylation sites is 1. The van der Waals surface area contributed by atoms with E-state index in [4.69, 9.17) is 4.42 Å². The Kier molecular flexibility index (Phi) is 4.51. The molecule has 3 rings (SSSR count). The van der Waals surface area contributed by atoms with Gasteiger partial charge in [-0.05, 0) is 36.6 Å². The van der Waals surface area contributed by atoms with E-state index in [2.05, 4.69) is 81.2 Å². The Bertz CT molecular complexity index is 821. The topological polar surface area (TPSA) is 16.4 Å². The van der Waals surface area contributed by atoms with Crippen LogP contribution in [0.4, 0.5) is 0 Å². The predicted molar refractivity (Wildman–Crippen MR) is 101 cm³/mol. The number of nitrogens with zero attached hydrogens (tertiary/aromatic N) is 1. The van der Waals surface area contributed by atoms with Gasteiger partial charge in [0.2, 0.25) is 0 Å². The Labute approximate surface area is 145 Å². The summed E-state index contributed by atoms with van der Waals surface area (Å²) in [5.41, 5.74) is 5.19. The molecule has 0 atom stereocenters. The van der Waals surface area contributed by atoms with Gasteiger partial charge in [0.1, 0.15) is 11.3 Å². The molecule has 0 aliphatic carbocycles. The molecule has 0 unspecified atom stereocenters. The van der Waals surface area contributed by atoms with Crippen LogP contribution in [0.15, 0.2) is 52.9 Å². The monoisotopic (exact) mass is 321 g/mol. The number of rotatable bonds is 4. The van der Waals surface area contributed by atoms with E-state index in [1.807, 2.05) is 6.92 Å². The van der Waals surface area contributed by atoms with Gasteiger partial charge in [0.05, 0.1) is 0 Å². The molecular formula is C22H27NO. The fourth-order valence-corrected chi connectivity index (χ4v) is 3.15. The molecule has 0 saturated carbocycles. The maximum atomic E-state index is 5.88. The highest BCUT2D eigenvalue weighted by Gasteiger charge is 2.13. The highest BCUT2D eigenvalue weighted by molar-refractivity contribution is 5.81. The fourth-order valence-electron chi connectivity index (χ4n) is 3.15. The molecule has 0 aliphatic heterocycles. The lowest BCUT2D eigenvalue weighted by Crippen LogP contribution is -2.17. The maximum Gasteiger partial charge on any atom is 0.138 e.